The Bertz CT molecular complexity index is 82.9. The van der Waals surface area contributed by atoms with Crippen LogP contribution in [0.25, 0.3) is 0 Å². The zero-order valence-electron chi connectivity index (χ0n) is 5.75. The van der Waals surface area contributed by atoms with Gasteiger partial charge in [-0.3, -0.25) is 0 Å². The minimum Gasteiger partial charge on any atom is -0.393 e. The number of hydrogen-bond acceptors (Lipinski definition) is 2. The molecule has 0 aromatic carbocycles. The van der Waals surface area contributed by atoms with E-state index in [1.54, 1.807) is 0 Å². The van der Waals surface area contributed by atoms with Gasteiger partial charge in [0.2, 0.25) is 0 Å². The molecule has 1 saturated carbocycles. The molecule has 0 radical (unpaired) electrons. The summed E-state index contributed by atoms with van der Waals surface area (Å²) in [7, 11) is 0. The van der Waals surface area contributed by atoms with Gasteiger partial charge in [-0.1, -0.05) is 6.92 Å². The van der Waals surface area contributed by atoms with Crippen molar-refractivity contribution in [1.82, 2.24) is 0 Å². The Morgan fingerprint density at radius 2 is 1.67 bits per heavy atom. The Hall–Kier alpha value is -0.0800. The smallest absolute Gasteiger partial charge is 0.0593 e. The Kier molecular flexibility index (Phi) is 2.09. The van der Waals surface area contributed by atoms with Crippen LogP contribution in [0.4, 0.5) is 0 Å². The third kappa shape index (κ3) is 1.25. The van der Waals surface area contributed by atoms with E-state index in [1.165, 1.54) is 0 Å². The first-order valence-corrected chi connectivity index (χ1v) is 3.61. The van der Waals surface area contributed by atoms with Crippen molar-refractivity contribution in [3.05, 3.63) is 0 Å². The van der Waals surface area contributed by atoms with Crippen molar-refractivity contribution in [3.63, 3.8) is 0 Å². The predicted molar refractivity (Wildman–Crippen MR) is 35.0 cm³/mol. The van der Waals surface area contributed by atoms with E-state index < -0.39 is 0 Å². The zero-order valence-corrected chi connectivity index (χ0v) is 5.75. The normalized spacial score (nSPS) is 43.7. The first-order chi connectivity index (χ1) is 4.25. The summed E-state index contributed by atoms with van der Waals surface area (Å²) in [6.45, 7) is 2.00. The topological polar surface area (TPSA) is 40.5 Å². The van der Waals surface area contributed by atoms with Crippen LogP contribution in [0, 0.1) is 5.92 Å². The third-order valence-corrected chi connectivity index (χ3v) is 2.22. The van der Waals surface area contributed by atoms with Crippen LogP contribution in [0.15, 0.2) is 0 Å². The molecule has 0 aromatic rings. The van der Waals surface area contributed by atoms with Gasteiger partial charge in [0, 0.05) is 5.92 Å². The van der Waals surface area contributed by atoms with Gasteiger partial charge < -0.3 is 10.2 Å². The molecule has 2 atom stereocenters. The van der Waals surface area contributed by atoms with Crippen molar-refractivity contribution in [2.24, 2.45) is 5.92 Å². The van der Waals surface area contributed by atoms with E-state index in [0.29, 0.717) is 0 Å². The molecule has 0 aliphatic heterocycles. The van der Waals surface area contributed by atoms with Crippen LogP contribution in [0.3, 0.4) is 0 Å². The molecular formula is C7H14O2. The Balaban J connectivity index is 2.44. The lowest BCUT2D eigenvalue weighted by Crippen LogP contribution is -2.21. The minimum absolute atomic E-state index is 0.144. The monoisotopic (exact) mass is 130 g/mol. The van der Waals surface area contributed by atoms with Crippen LogP contribution in [-0.2, 0) is 0 Å². The molecule has 0 aromatic heterocycles. The van der Waals surface area contributed by atoms with Crippen LogP contribution in [0.2, 0.25) is 0 Å². The highest BCUT2D eigenvalue weighted by molar-refractivity contribution is 4.82. The summed E-state index contributed by atoms with van der Waals surface area (Å²) in [4.78, 5) is 0. The Labute approximate surface area is 55.5 Å². The number of aliphatic hydroxyl groups excluding tert-OH is 2. The van der Waals surface area contributed by atoms with Crippen molar-refractivity contribution in [1.29, 1.82) is 0 Å². The molecule has 1 aliphatic carbocycles. The zero-order chi connectivity index (χ0) is 6.85. The van der Waals surface area contributed by atoms with Gasteiger partial charge in [0.05, 0.1) is 12.2 Å². The van der Waals surface area contributed by atoms with Crippen LogP contribution in [0.1, 0.15) is 26.2 Å². The van der Waals surface area contributed by atoms with Gasteiger partial charge in [-0.15, -0.1) is 0 Å². The Morgan fingerprint density at radius 3 is 1.89 bits per heavy atom. The lowest BCUT2D eigenvalue weighted by Gasteiger charge is -2.14. The molecule has 0 saturated heterocycles. The fourth-order valence-electron chi connectivity index (χ4n) is 1.57. The second-order valence-corrected chi connectivity index (χ2v) is 2.78. The summed E-state index contributed by atoms with van der Waals surface area (Å²) >= 11 is 0. The highest BCUT2D eigenvalue weighted by Crippen LogP contribution is 2.28. The second kappa shape index (κ2) is 2.67. The molecule has 1 rings (SSSR count). The molecule has 0 spiro atoms. The fourth-order valence-corrected chi connectivity index (χ4v) is 1.57. The third-order valence-electron chi connectivity index (χ3n) is 2.22. The van der Waals surface area contributed by atoms with E-state index in [9.17, 15) is 10.2 Å². The van der Waals surface area contributed by atoms with E-state index in [2.05, 4.69) is 0 Å². The number of aliphatic hydroxyl groups is 2. The molecule has 2 unspecified atom stereocenters. The number of rotatable bonds is 1. The molecule has 2 N–H and O–H groups in total. The molecule has 54 valence electrons. The Morgan fingerprint density at radius 1 is 1.22 bits per heavy atom. The van der Waals surface area contributed by atoms with Gasteiger partial charge in [-0.2, -0.15) is 0 Å². The lowest BCUT2D eigenvalue weighted by atomic mass is 10.0. The van der Waals surface area contributed by atoms with Gasteiger partial charge in [-0.05, 0) is 19.3 Å². The summed E-state index contributed by atoms with van der Waals surface area (Å²) in [5.41, 5.74) is 0. The summed E-state index contributed by atoms with van der Waals surface area (Å²) < 4.78 is 0. The van der Waals surface area contributed by atoms with E-state index in [-0.39, 0.29) is 18.1 Å². The molecule has 9 heavy (non-hydrogen) atoms. The molecule has 1 aliphatic rings. The van der Waals surface area contributed by atoms with Crippen molar-refractivity contribution in [3.8, 4) is 0 Å². The van der Waals surface area contributed by atoms with Crippen LogP contribution in [0.5, 0.6) is 0 Å². The van der Waals surface area contributed by atoms with Gasteiger partial charge in [0.1, 0.15) is 0 Å². The first kappa shape index (κ1) is 7.03. The summed E-state index contributed by atoms with van der Waals surface area (Å²) in [5.74, 6) is 0.144. The van der Waals surface area contributed by atoms with Crippen LogP contribution >= 0.6 is 0 Å². The largest absolute Gasteiger partial charge is 0.393 e. The SMILES string of the molecule is CCC1C(O)CCC1O. The maximum Gasteiger partial charge on any atom is 0.0593 e. The summed E-state index contributed by atoms with van der Waals surface area (Å²) in [6.07, 6.45) is 1.96. The van der Waals surface area contributed by atoms with Crippen molar-refractivity contribution in [2.75, 3.05) is 0 Å². The van der Waals surface area contributed by atoms with E-state index in [0.717, 1.165) is 19.3 Å². The van der Waals surface area contributed by atoms with Crippen molar-refractivity contribution in [2.45, 2.75) is 38.4 Å². The average molecular weight is 130 g/mol. The molecular weight excluding hydrogens is 116 g/mol. The van der Waals surface area contributed by atoms with Gasteiger partial charge >= 0.3 is 0 Å². The lowest BCUT2D eigenvalue weighted by molar-refractivity contribution is 0.0635. The van der Waals surface area contributed by atoms with Crippen LogP contribution in [-0.4, -0.2) is 22.4 Å². The minimum atomic E-state index is -0.245. The molecule has 0 bridgehead atoms. The molecule has 2 nitrogen and oxygen atoms in total. The molecule has 0 heterocycles. The van der Waals surface area contributed by atoms with Crippen LogP contribution < -0.4 is 0 Å². The average Bonchev–Trinajstić information content (AvgIpc) is 2.12. The van der Waals surface area contributed by atoms with E-state index in [1.807, 2.05) is 6.92 Å². The standard InChI is InChI=1S/C7H14O2/c1-2-5-6(8)3-4-7(5)9/h5-9H,2-4H2,1H3. The van der Waals surface area contributed by atoms with Gasteiger partial charge in [0.15, 0.2) is 0 Å². The first-order valence-electron chi connectivity index (χ1n) is 3.61. The molecule has 1 fully saturated rings. The van der Waals surface area contributed by atoms with E-state index in [4.69, 9.17) is 0 Å². The molecule has 0 amide bonds. The van der Waals surface area contributed by atoms with Crippen molar-refractivity contribution >= 4 is 0 Å². The second-order valence-electron chi connectivity index (χ2n) is 2.78. The maximum absolute atomic E-state index is 9.20. The summed E-state index contributed by atoms with van der Waals surface area (Å²) in [6, 6.07) is 0. The van der Waals surface area contributed by atoms with Crippen molar-refractivity contribution < 1.29 is 10.2 Å². The molecule has 2 heteroatoms. The number of hydrogen-bond donors (Lipinski definition) is 2. The predicted octanol–water partition coefficient (Wildman–Crippen LogP) is 0.528. The van der Waals surface area contributed by atoms with E-state index >= 15 is 0 Å². The van der Waals surface area contributed by atoms with Gasteiger partial charge in [0.25, 0.3) is 0 Å². The highest BCUT2D eigenvalue weighted by atomic mass is 16.3. The summed E-state index contributed by atoms with van der Waals surface area (Å²) in [5, 5.41) is 18.4. The maximum atomic E-state index is 9.20. The van der Waals surface area contributed by atoms with Gasteiger partial charge in [-0.25, -0.2) is 0 Å². The fraction of sp³-hybridized carbons (Fsp3) is 1.00. The quantitative estimate of drug-likeness (QED) is 0.543. The highest BCUT2D eigenvalue weighted by Gasteiger charge is 2.31.